The molecule has 0 amide bonds. The molecule has 124 valence electrons. The molecule has 9 heteroatoms. The van der Waals surface area contributed by atoms with Crippen molar-refractivity contribution in [1.82, 2.24) is 4.31 Å². The second-order valence-corrected chi connectivity index (χ2v) is 9.97. The molecular formula is C13H17F2NO4S2. The zero-order chi connectivity index (χ0) is 16.7. The van der Waals surface area contributed by atoms with E-state index in [1.807, 2.05) is 0 Å². The minimum absolute atomic E-state index is 0.0174. The highest BCUT2D eigenvalue weighted by Crippen LogP contribution is 2.27. The monoisotopic (exact) mass is 353 g/mol. The first-order valence-electron chi connectivity index (χ1n) is 6.71. The molecule has 1 aromatic carbocycles. The molecule has 0 radical (unpaired) electrons. The molecule has 0 spiro atoms. The van der Waals surface area contributed by atoms with E-state index in [1.165, 1.54) is 0 Å². The van der Waals surface area contributed by atoms with Gasteiger partial charge in [-0.1, -0.05) is 13.8 Å². The smallest absolute Gasteiger partial charge is 0.228 e. The Balaban J connectivity index is 2.15. The Bertz CT molecular complexity index is 769. The summed E-state index contributed by atoms with van der Waals surface area (Å²) in [4.78, 5) is -0.645. The Morgan fingerprint density at radius 2 is 1.77 bits per heavy atom. The summed E-state index contributed by atoms with van der Waals surface area (Å²) in [6.07, 6.45) is 0. The van der Waals surface area contributed by atoms with Gasteiger partial charge in [0, 0.05) is 19.2 Å². The van der Waals surface area contributed by atoms with Crippen LogP contribution in [-0.4, -0.2) is 45.2 Å². The zero-order valence-corrected chi connectivity index (χ0v) is 13.8. The van der Waals surface area contributed by atoms with Gasteiger partial charge in [0.1, 0.15) is 16.5 Å². The Labute approximate surface area is 128 Å². The molecule has 0 unspecified atom stereocenters. The molecule has 1 aliphatic heterocycles. The number of benzene rings is 1. The summed E-state index contributed by atoms with van der Waals surface area (Å²) in [7, 11) is -7.52. The molecule has 2 rings (SSSR count). The van der Waals surface area contributed by atoms with Gasteiger partial charge in [-0.25, -0.2) is 25.6 Å². The van der Waals surface area contributed by atoms with E-state index in [9.17, 15) is 25.6 Å². The Kier molecular flexibility index (Phi) is 4.61. The maximum Gasteiger partial charge on any atom is 0.246 e. The Morgan fingerprint density at radius 3 is 2.27 bits per heavy atom. The second-order valence-electron chi connectivity index (χ2n) is 5.74. The number of hydrogen-bond acceptors (Lipinski definition) is 4. The van der Waals surface area contributed by atoms with Crippen molar-refractivity contribution < 1.29 is 25.6 Å². The molecular weight excluding hydrogens is 336 g/mol. The van der Waals surface area contributed by atoms with Crippen molar-refractivity contribution in [1.29, 1.82) is 0 Å². The van der Waals surface area contributed by atoms with Gasteiger partial charge in [0.25, 0.3) is 0 Å². The van der Waals surface area contributed by atoms with Crippen LogP contribution in [-0.2, 0) is 19.9 Å². The van der Waals surface area contributed by atoms with E-state index in [0.717, 1.165) is 16.4 Å². The van der Waals surface area contributed by atoms with Gasteiger partial charge in [0.05, 0.1) is 11.0 Å². The van der Waals surface area contributed by atoms with E-state index >= 15 is 0 Å². The number of sulfone groups is 1. The van der Waals surface area contributed by atoms with E-state index in [0.29, 0.717) is 6.07 Å². The number of halogens is 2. The lowest BCUT2D eigenvalue weighted by atomic mass is 10.3. The van der Waals surface area contributed by atoms with E-state index in [4.69, 9.17) is 0 Å². The second kappa shape index (κ2) is 5.86. The summed E-state index contributed by atoms with van der Waals surface area (Å²) in [5.74, 6) is -2.13. The molecule has 5 nitrogen and oxygen atoms in total. The van der Waals surface area contributed by atoms with E-state index < -0.39 is 41.6 Å². The highest BCUT2D eigenvalue weighted by atomic mass is 32.2. The van der Waals surface area contributed by atoms with Crippen molar-refractivity contribution in [3.8, 4) is 0 Å². The summed E-state index contributed by atoms with van der Waals surface area (Å²) < 4.78 is 75.8. The Hall–Kier alpha value is -1.06. The summed E-state index contributed by atoms with van der Waals surface area (Å²) >= 11 is 0. The van der Waals surface area contributed by atoms with Crippen LogP contribution in [0.2, 0.25) is 0 Å². The number of sulfonamides is 1. The number of rotatable bonds is 5. The van der Waals surface area contributed by atoms with Crippen LogP contribution in [0.15, 0.2) is 23.1 Å². The van der Waals surface area contributed by atoms with Gasteiger partial charge in [-0.3, -0.25) is 0 Å². The minimum Gasteiger partial charge on any atom is -0.228 e. The van der Waals surface area contributed by atoms with E-state index in [1.54, 1.807) is 13.8 Å². The van der Waals surface area contributed by atoms with Gasteiger partial charge in [-0.2, -0.15) is 4.31 Å². The first-order valence-corrected chi connectivity index (χ1v) is 9.86. The van der Waals surface area contributed by atoms with Crippen LogP contribution < -0.4 is 0 Å². The van der Waals surface area contributed by atoms with Gasteiger partial charge in [-0.05, 0) is 18.1 Å². The van der Waals surface area contributed by atoms with Gasteiger partial charge >= 0.3 is 0 Å². The Morgan fingerprint density at radius 1 is 1.18 bits per heavy atom. The van der Waals surface area contributed by atoms with Crippen LogP contribution >= 0.6 is 0 Å². The largest absolute Gasteiger partial charge is 0.246 e. The molecule has 1 fully saturated rings. The van der Waals surface area contributed by atoms with Crippen LogP contribution in [0.1, 0.15) is 13.8 Å². The lowest BCUT2D eigenvalue weighted by molar-refractivity contribution is 0.307. The fraction of sp³-hybridized carbons (Fsp3) is 0.538. The van der Waals surface area contributed by atoms with Gasteiger partial charge in [0.2, 0.25) is 10.0 Å². The molecule has 0 atom stereocenters. The molecule has 1 saturated heterocycles. The molecule has 0 aromatic heterocycles. The van der Waals surface area contributed by atoms with Crippen LogP contribution in [0.3, 0.4) is 0 Å². The predicted octanol–water partition coefficient (Wildman–Crippen LogP) is 1.41. The summed E-state index contributed by atoms with van der Waals surface area (Å²) in [6, 6.07) is 2.18. The van der Waals surface area contributed by atoms with Crippen LogP contribution in [0.5, 0.6) is 0 Å². The highest BCUT2D eigenvalue weighted by molar-refractivity contribution is 7.92. The third kappa shape index (κ3) is 3.31. The van der Waals surface area contributed by atoms with Gasteiger partial charge in [0.15, 0.2) is 9.84 Å². The van der Waals surface area contributed by atoms with Crippen LogP contribution in [0, 0.1) is 17.6 Å². The maximum atomic E-state index is 13.6. The lowest BCUT2D eigenvalue weighted by Gasteiger charge is -2.37. The van der Waals surface area contributed by atoms with Crippen molar-refractivity contribution >= 4 is 19.9 Å². The van der Waals surface area contributed by atoms with E-state index in [-0.39, 0.29) is 24.8 Å². The first-order chi connectivity index (χ1) is 10.0. The maximum absolute atomic E-state index is 13.6. The summed E-state index contributed by atoms with van der Waals surface area (Å²) in [6.45, 7) is 3.12. The standard InChI is InChI=1S/C13H17F2NO4S2/c1-9(2)8-21(17,18)11-6-16(7-11)22(19,20)13-4-3-10(14)5-12(13)15/h3-5,9,11H,6-8H2,1-2H3. The average molecular weight is 353 g/mol. The van der Waals surface area contributed by atoms with E-state index in [2.05, 4.69) is 0 Å². The van der Waals surface area contributed by atoms with Gasteiger partial charge < -0.3 is 0 Å². The van der Waals surface area contributed by atoms with Crippen molar-refractivity contribution in [2.24, 2.45) is 5.92 Å². The van der Waals surface area contributed by atoms with Crippen LogP contribution in [0.4, 0.5) is 8.78 Å². The molecule has 0 aliphatic carbocycles. The quantitative estimate of drug-likeness (QED) is 0.802. The van der Waals surface area contributed by atoms with Gasteiger partial charge in [-0.15, -0.1) is 0 Å². The third-order valence-electron chi connectivity index (χ3n) is 3.40. The van der Waals surface area contributed by atoms with Crippen molar-refractivity contribution in [2.75, 3.05) is 18.8 Å². The summed E-state index contributed by atoms with van der Waals surface area (Å²) in [5.41, 5.74) is 0. The topological polar surface area (TPSA) is 71.5 Å². The highest BCUT2D eigenvalue weighted by Gasteiger charge is 2.44. The fourth-order valence-corrected chi connectivity index (χ4v) is 6.03. The summed E-state index contributed by atoms with van der Waals surface area (Å²) in [5, 5.41) is -0.770. The number of nitrogens with zero attached hydrogens (tertiary/aromatic N) is 1. The zero-order valence-electron chi connectivity index (χ0n) is 12.2. The average Bonchev–Trinajstić information content (AvgIpc) is 2.22. The number of hydrogen-bond donors (Lipinski definition) is 0. The fourth-order valence-electron chi connectivity index (χ4n) is 2.25. The molecule has 1 aliphatic rings. The lowest BCUT2D eigenvalue weighted by Crippen LogP contribution is -2.57. The third-order valence-corrected chi connectivity index (χ3v) is 7.71. The van der Waals surface area contributed by atoms with Crippen molar-refractivity contribution in [3.05, 3.63) is 29.8 Å². The molecule has 22 heavy (non-hydrogen) atoms. The van der Waals surface area contributed by atoms with Crippen LogP contribution in [0.25, 0.3) is 0 Å². The molecule has 0 N–H and O–H groups in total. The molecule has 1 aromatic rings. The van der Waals surface area contributed by atoms with Crippen molar-refractivity contribution in [2.45, 2.75) is 24.0 Å². The minimum atomic E-state index is -4.14. The molecule has 0 bridgehead atoms. The molecule has 1 heterocycles. The normalized spacial score (nSPS) is 17.7. The molecule has 0 saturated carbocycles. The predicted molar refractivity (Wildman–Crippen MR) is 77.5 cm³/mol. The SMILES string of the molecule is CC(C)CS(=O)(=O)C1CN(S(=O)(=O)c2ccc(F)cc2F)C1. The van der Waals surface area contributed by atoms with Crippen molar-refractivity contribution in [3.63, 3.8) is 0 Å². The first kappa shape index (κ1) is 17.3.